The maximum absolute atomic E-state index is 14.1. The molecule has 3 rings (SSSR count). The van der Waals surface area contributed by atoms with E-state index in [2.05, 4.69) is 10.3 Å². The smallest absolute Gasteiger partial charge is 0.279 e. The van der Waals surface area contributed by atoms with Gasteiger partial charge in [-0.3, -0.25) is 10.0 Å². The van der Waals surface area contributed by atoms with Crippen molar-refractivity contribution in [3.63, 3.8) is 0 Å². The summed E-state index contributed by atoms with van der Waals surface area (Å²) in [6, 6.07) is 8.12. The highest BCUT2D eigenvalue weighted by molar-refractivity contribution is 14.1. The summed E-state index contributed by atoms with van der Waals surface area (Å²) in [4.78, 5) is 16.3. The zero-order valence-electron chi connectivity index (χ0n) is 12.0. The summed E-state index contributed by atoms with van der Waals surface area (Å²) in [6.45, 7) is 0. The zero-order valence-corrected chi connectivity index (χ0v) is 14.1. The first-order valence-corrected chi connectivity index (χ1v) is 7.70. The summed E-state index contributed by atoms with van der Waals surface area (Å²) in [5.74, 6) is -0.798. The Bertz CT molecular complexity index is 910. The SMILES string of the molecule is Cn1c(Nc2ccc(I)cc2F)c(C(=O)NO)c2cccnc21. The molecule has 0 bridgehead atoms. The van der Waals surface area contributed by atoms with E-state index in [-0.39, 0.29) is 11.3 Å². The highest BCUT2D eigenvalue weighted by Crippen LogP contribution is 2.31. The van der Waals surface area contributed by atoms with Crippen molar-refractivity contribution in [1.29, 1.82) is 0 Å². The standard InChI is InChI=1S/C15H12FIN4O2/c1-21-13-9(3-2-6-18-13)12(15(22)20-23)14(21)19-11-5-4-8(17)7-10(11)16/h2-7,19,23H,1H3,(H,20,22). The molecule has 3 N–H and O–H groups in total. The second-order valence-corrected chi connectivity index (χ2v) is 6.09. The van der Waals surface area contributed by atoms with Crippen molar-refractivity contribution in [2.75, 3.05) is 5.32 Å². The average molecular weight is 426 g/mol. The highest BCUT2D eigenvalue weighted by Gasteiger charge is 2.22. The largest absolute Gasteiger partial charge is 0.339 e. The Morgan fingerprint density at radius 2 is 2.17 bits per heavy atom. The van der Waals surface area contributed by atoms with Crippen LogP contribution in [0.25, 0.3) is 11.0 Å². The van der Waals surface area contributed by atoms with Crippen molar-refractivity contribution in [3.8, 4) is 0 Å². The van der Waals surface area contributed by atoms with Gasteiger partial charge >= 0.3 is 0 Å². The molecule has 0 spiro atoms. The third kappa shape index (κ3) is 2.75. The van der Waals surface area contributed by atoms with Gasteiger partial charge in [0.25, 0.3) is 5.91 Å². The van der Waals surface area contributed by atoms with Gasteiger partial charge in [-0.2, -0.15) is 0 Å². The number of hydrogen-bond donors (Lipinski definition) is 3. The van der Waals surface area contributed by atoms with E-state index in [9.17, 15) is 9.18 Å². The first-order chi connectivity index (χ1) is 11.0. The van der Waals surface area contributed by atoms with Gasteiger partial charge in [0.1, 0.15) is 17.3 Å². The Labute approximate surface area is 144 Å². The molecule has 3 aromatic rings. The molecule has 0 fully saturated rings. The van der Waals surface area contributed by atoms with Crippen LogP contribution in [0.15, 0.2) is 36.5 Å². The third-order valence-corrected chi connectivity index (χ3v) is 4.13. The molecular formula is C15H12FIN4O2. The molecule has 0 unspecified atom stereocenters. The van der Waals surface area contributed by atoms with Crippen LogP contribution < -0.4 is 10.8 Å². The van der Waals surface area contributed by atoms with Crippen LogP contribution in [0, 0.1) is 9.39 Å². The van der Waals surface area contributed by atoms with Gasteiger partial charge in [0.05, 0.1) is 11.3 Å². The second-order valence-electron chi connectivity index (χ2n) is 4.85. The molecule has 118 valence electrons. The van der Waals surface area contributed by atoms with Crippen molar-refractivity contribution in [2.45, 2.75) is 0 Å². The number of aryl methyl sites for hydroxylation is 1. The Kier molecular flexibility index (Phi) is 4.18. The number of halogens is 2. The second kappa shape index (κ2) is 6.13. The molecule has 0 aliphatic carbocycles. The van der Waals surface area contributed by atoms with Crippen LogP contribution in [0.1, 0.15) is 10.4 Å². The zero-order chi connectivity index (χ0) is 16.6. The number of carbonyl (C=O) groups is 1. The number of hydrogen-bond acceptors (Lipinski definition) is 4. The first-order valence-electron chi connectivity index (χ1n) is 6.63. The lowest BCUT2D eigenvalue weighted by atomic mass is 10.2. The van der Waals surface area contributed by atoms with Gasteiger partial charge in [-0.1, -0.05) is 0 Å². The number of anilines is 2. The summed E-state index contributed by atoms with van der Waals surface area (Å²) >= 11 is 2.01. The lowest BCUT2D eigenvalue weighted by Gasteiger charge is -2.11. The minimum absolute atomic E-state index is 0.191. The summed E-state index contributed by atoms with van der Waals surface area (Å²) in [5.41, 5.74) is 2.58. The van der Waals surface area contributed by atoms with Gasteiger partial charge in [0.15, 0.2) is 0 Å². The third-order valence-electron chi connectivity index (χ3n) is 3.46. The number of fused-ring (bicyclic) bond motifs is 1. The molecule has 6 nitrogen and oxygen atoms in total. The molecule has 0 saturated carbocycles. The summed E-state index contributed by atoms with van der Waals surface area (Å²) in [6.07, 6.45) is 1.60. The number of carbonyl (C=O) groups excluding carboxylic acids is 1. The average Bonchev–Trinajstić information content (AvgIpc) is 2.82. The predicted molar refractivity (Wildman–Crippen MR) is 92.4 cm³/mol. The number of nitrogens with zero attached hydrogens (tertiary/aromatic N) is 2. The predicted octanol–water partition coefficient (Wildman–Crippen LogP) is 3.18. The number of rotatable bonds is 3. The van der Waals surface area contributed by atoms with Crippen molar-refractivity contribution in [3.05, 3.63) is 51.5 Å². The fourth-order valence-electron chi connectivity index (χ4n) is 2.41. The Hall–Kier alpha value is -2.20. The van der Waals surface area contributed by atoms with Crippen LogP contribution in [0.3, 0.4) is 0 Å². The molecule has 2 heterocycles. The molecule has 0 aliphatic rings. The van der Waals surface area contributed by atoms with E-state index < -0.39 is 11.7 Å². The van der Waals surface area contributed by atoms with E-state index in [0.29, 0.717) is 16.9 Å². The Morgan fingerprint density at radius 3 is 2.87 bits per heavy atom. The minimum atomic E-state index is -0.697. The highest BCUT2D eigenvalue weighted by atomic mass is 127. The van der Waals surface area contributed by atoms with Gasteiger partial charge in [0, 0.05) is 22.2 Å². The van der Waals surface area contributed by atoms with Crippen molar-refractivity contribution in [2.24, 2.45) is 7.05 Å². The van der Waals surface area contributed by atoms with Gasteiger partial charge in [-0.25, -0.2) is 14.9 Å². The van der Waals surface area contributed by atoms with E-state index in [1.54, 1.807) is 47.6 Å². The first kappa shape index (κ1) is 15.7. The maximum atomic E-state index is 14.1. The number of benzene rings is 1. The van der Waals surface area contributed by atoms with E-state index in [1.165, 1.54) is 6.07 Å². The summed E-state index contributed by atoms with van der Waals surface area (Å²) < 4.78 is 16.5. The lowest BCUT2D eigenvalue weighted by Crippen LogP contribution is -2.20. The summed E-state index contributed by atoms with van der Waals surface area (Å²) in [7, 11) is 1.70. The summed E-state index contributed by atoms with van der Waals surface area (Å²) in [5, 5.41) is 12.5. The molecule has 23 heavy (non-hydrogen) atoms. The van der Waals surface area contributed by atoms with Crippen LogP contribution in [-0.2, 0) is 7.05 Å². The molecule has 0 saturated heterocycles. The van der Waals surface area contributed by atoms with Gasteiger partial charge in [-0.15, -0.1) is 0 Å². The quantitative estimate of drug-likeness (QED) is 0.342. The molecule has 0 radical (unpaired) electrons. The van der Waals surface area contributed by atoms with Crippen molar-refractivity contribution in [1.82, 2.24) is 15.0 Å². The topological polar surface area (TPSA) is 79.2 Å². The fourth-order valence-corrected chi connectivity index (χ4v) is 2.86. The number of hydroxylamine groups is 1. The number of nitrogens with one attached hydrogen (secondary N) is 2. The van der Waals surface area contributed by atoms with Crippen molar-refractivity contribution < 1.29 is 14.4 Å². The van der Waals surface area contributed by atoms with E-state index >= 15 is 0 Å². The van der Waals surface area contributed by atoms with Gasteiger partial charge in [0.2, 0.25) is 0 Å². The molecule has 1 aromatic carbocycles. The lowest BCUT2D eigenvalue weighted by molar-refractivity contribution is 0.0709. The molecule has 0 atom stereocenters. The van der Waals surface area contributed by atoms with Gasteiger partial charge in [-0.05, 0) is 52.9 Å². The molecule has 8 heteroatoms. The van der Waals surface area contributed by atoms with Crippen LogP contribution in [0.4, 0.5) is 15.9 Å². The van der Waals surface area contributed by atoms with Crippen LogP contribution in [-0.4, -0.2) is 20.7 Å². The fraction of sp³-hybridized carbons (Fsp3) is 0.0667. The normalized spacial score (nSPS) is 10.8. The molecule has 0 aliphatic heterocycles. The van der Waals surface area contributed by atoms with Crippen LogP contribution >= 0.6 is 22.6 Å². The number of pyridine rings is 1. The molecular weight excluding hydrogens is 414 g/mol. The van der Waals surface area contributed by atoms with E-state index in [0.717, 1.165) is 3.57 Å². The minimum Gasteiger partial charge on any atom is -0.339 e. The number of amides is 1. The monoisotopic (exact) mass is 426 g/mol. The van der Waals surface area contributed by atoms with Crippen LogP contribution in [0.2, 0.25) is 0 Å². The molecule has 2 aromatic heterocycles. The van der Waals surface area contributed by atoms with Crippen molar-refractivity contribution >= 4 is 51.0 Å². The Balaban J connectivity index is 2.20. The van der Waals surface area contributed by atoms with E-state index in [4.69, 9.17) is 5.21 Å². The molecule has 1 amide bonds. The van der Waals surface area contributed by atoms with E-state index in [1.807, 2.05) is 22.6 Å². The Morgan fingerprint density at radius 1 is 1.39 bits per heavy atom. The number of aromatic nitrogens is 2. The maximum Gasteiger partial charge on any atom is 0.279 e. The van der Waals surface area contributed by atoms with Gasteiger partial charge < -0.3 is 9.88 Å². The van der Waals surface area contributed by atoms with Crippen LogP contribution in [0.5, 0.6) is 0 Å².